The number of benzene rings is 1. The molecule has 0 aliphatic rings. The summed E-state index contributed by atoms with van der Waals surface area (Å²) >= 11 is 0. The van der Waals surface area contributed by atoms with Crippen LogP contribution in [0.25, 0.3) is 0 Å². The van der Waals surface area contributed by atoms with Crippen molar-refractivity contribution in [3.05, 3.63) is 35.1 Å². The molecule has 21 heavy (non-hydrogen) atoms. The topological polar surface area (TPSA) is 15.3 Å². The predicted octanol–water partition coefficient (Wildman–Crippen LogP) is 4.05. The third-order valence-corrected chi connectivity index (χ3v) is 4.07. The Hall–Kier alpha value is -0.930. The van der Waals surface area contributed by atoms with Gasteiger partial charge in [-0.3, -0.25) is 4.90 Å². The van der Waals surface area contributed by atoms with Crippen molar-refractivity contribution in [1.82, 2.24) is 10.2 Å². The van der Waals surface area contributed by atoms with Crippen molar-refractivity contribution in [2.45, 2.75) is 53.8 Å². The summed E-state index contributed by atoms with van der Waals surface area (Å²) in [6.45, 7) is 13.4. The molecule has 0 aliphatic carbocycles. The normalized spacial score (nSPS) is 13.4. The molecular weight excluding hydrogens is 263 g/mol. The number of nitrogens with one attached hydrogen (secondary N) is 1. The summed E-state index contributed by atoms with van der Waals surface area (Å²) in [6.07, 6.45) is 0. The van der Waals surface area contributed by atoms with Crippen LogP contribution in [0.1, 0.15) is 45.7 Å². The van der Waals surface area contributed by atoms with E-state index in [0.29, 0.717) is 24.4 Å². The van der Waals surface area contributed by atoms with Crippen LogP contribution in [0.3, 0.4) is 0 Å². The summed E-state index contributed by atoms with van der Waals surface area (Å²) in [5, 5.41) is 3.41. The zero-order valence-corrected chi connectivity index (χ0v) is 14.4. The third-order valence-electron chi connectivity index (χ3n) is 4.07. The lowest BCUT2D eigenvalue weighted by atomic mass is 10.0. The highest BCUT2D eigenvalue weighted by atomic mass is 19.1. The van der Waals surface area contributed by atoms with Crippen molar-refractivity contribution in [3.8, 4) is 0 Å². The van der Waals surface area contributed by atoms with Gasteiger partial charge in [0.2, 0.25) is 0 Å². The van der Waals surface area contributed by atoms with E-state index in [1.54, 1.807) is 6.07 Å². The average molecular weight is 294 g/mol. The molecule has 2 nitrogen and oxygen atoms in total. The fourth-order valence-electron chi connectivity index (χ4n) is 2.29. The molecule has 0 fully saturated rings. The highest BCUT2D eigenvalue weighted by molar-refractivity contribution is 5.25. The monoisotopic (exact) mass is 294 g/mol. The number of hydrogen-bond acceptors (Lipinski definition) is 2. The van der Waals surface area contributed by atoms with E-state index < -0.39 is 0 Å². The molecule has 0 heterocycles. The second-order valence-electron chi connectivity index (χ2n) is 6.85. The van der Waals surface area contributed by atoms with Crippen molar-refractivity contribution >= 4 is 0 Å². The van der Waals surface area contributed by atoms with Crippen LogP contribution in [0.4, 0.5) is 4.39 Å². The van der Waals surface area contributed by atoms with Gasteiger partial charge in [0.15, 0.2) is 0 Å². The first-order valence-corrected chi connectivity index (χ1v) is 7.99. The van der Waals surface area contributed by atoms with Gasteiger partial charge in [-0.1, -0.05) is 39.8 Å². The maximum Gasteiger partial charge on any atom is 0.127 e. The number of rotatable bonds is 8. The lowest BCUT2D eigenvalue weighted by molar-refractivity contribution is 0.198. The van der Waals surface area contributed by atoms with Crippen molar-refractivity contribution in [3.63, 3.8) is 0 Å². The van der Waals surface area contributed by atoms with Gasteiger partial charge in [0.1, 0.15) is 5.82 Å². The standard InChI is InChI=1S/C18H31FN2/c1-13(2)10-20-11-16-7-8-18(19)17(9-16)12-21(6)15(5)14(3)4/h7-9,13-15,20H,10-12H2,1-6H3. The zero-order valence-electron chi connectivity index (χ0n) is 14.4. The second kappa shape index (κ2) is 8.50. The van der Waals surface area contributed by atoms with E-state index in [-0.39, 0.29) is 5.82 Å². The van der Waals surface area contributed by atoms with Crippen molar-refractivity contribution < 1.29 is 4.39 Å². The van der Waals surface area contributed by atoms with Gasteiger partial charge in [-0.15, -0.1) is 0 Å². The molecule has 1 aromatic rings. The van der Waals surface area contributed by atoms with Crippen LogP contribution in [0.5, 0.6) is 0 Å². The third kappa shape index (κ3) is 6.15. The SMILES string of the molecule is CC(C)CNCc1ccc(F)c(CN(C)C(C)C(C)C)c1. The van der Waals surface area contributed by atoms with Crippen LogP contribution in [0.2, 0.25) is 0 Å². The van der Waals surface area contributed by atoms with Gasteiger partial charge in [0.25, 0.3) is 0 Å². The van der Waals surface area contributed by atoms with Gasteiger partial charge in [-0.05, 0) is 44.0 Å². The van der Waals surface area contributed by atoms with E-state index in [1.807, 2.05) is 12.1 Å². The maximum absolute atomic E-state index is 14.0. The molecule has 0 amide bonds. The van der Waals surface area contributed by atoms with Crippen molar-refractivity contribution in [2.75, 3.05) is 13.6 Å². The molecule has 3 heteroatoms. The average Bonchev–Trinajstić information content (AvgIpc) is 2.40. The first-order valence-electron chi connectivity index (χ1n) is 7.99. The highest BCUT2D eigenvalue weighted by Crippen LogP contribution is 2.16. The van der Waals surface area contributed by atoms with Crippen molar-refractivity contribution in [2.24, 2.45) is 11.8 Å². The molecule has 0 aliphatic heterocycles. The first-order chi connectivity index (χ1) is 9.81. The van der Waals surface area contributed by atoms with Crippen LogP contribution in [0, 0.1) is 17.7 Å². The Kier molecular flexibility index (Phi) is 7.33. The quantitative estimate of drug-likeness (QED) is 0.778. The molecule has 1 aromatic carbocycles. The minimum absolute atomic E-state index is 0.106. The van der Waals surface area contributed by atoms with Crippen LogP contribution in [0.15, 0.2) is 18.2 Å². The molecule has 120 valence electrons. The highest BCUT2D eigenvalue weighted by Gasteiger charge is 2.15. The molecule has 0 saturated carbocycles. The maximum atomic E-state index is 14.0. The van der Waals surface area contributed by atoms with E-state index in [0.717, 1.165) is 24.2 Å². The molecular formula is C18H31FN2. The molecule has 1 atom stereocenters. The Labute approximate surface area is 129 Å². The minimum atomic E-state index is -0.106. The summed E-state index contributed by atoms with van der Waals surface area (Å²) in [5.74, 6) is 1.09. The van der Waals surface area contributed by atoms with E-state index in [9.17, 15) is 4.39 Å². The van der Waals surface area contributed by atoms with Gasteiger partial charge < -0.3 is 5.32 Å². The van der Waals surface area contributed by atoms with Gasteiger partial charge in [0, 0.05) is 24.7 Å². The Morgan fingerprint density at radius 3 is 2.38 bits per heavy atom. The number of hydrogen-bond donors (Lipinski definition) is 1. The van der Waals surface area contributed by atoms with Crippen LogP contribution in [-0.2, 0) is 13.1 Å². The fourth-order valence-corrected chi connectivity index (χ4v) is 2.29. The summed E-state index contributed by atoms with van der Waals surface area (Å²) in [5.41, 5.74) is 1.94. The van der Waals surface area contributed by atoms with Gasteiger partial charge >= 0.3 is 0 Å². The molecule has 0 spiro atoms. The predicted molar refractivity (Wildman–Crippen MR) is 88.7 cm³/mol. The summed E-state index contributed by atoms with van der Waals surface area (Å²) < 4.78 is 14.0. The molecule has 1 unspecified atom stereocenters. The van der Waals surface area contributed by atoms with Gasteiger partial charge in [-0.25, -0.2) is 4.39 Å². The Bertz CT molecular complexity index is 429. The first kappa shape index (κ1) is 18.1. The largest absolute Gasteiger partial charge is 0.312 e. The fraction of sp³-hybridized carbons (Fsp3) is 0.667. The van der Waals surface area contributed by atoms with Crippen LogP contribution >= 0.6 is 0 Å². The molecule has 0 radical (unpaired) electrons. The number of nitrogens with zero attached hydrogens (tertiary/aromatic N) is 1. The molecule has 0 aromatic heterocycles. The summed E-state index contributed by atoms with van der Waals surface area (Å²) in [7, 11) is 2.06. The van der Waals surface area contributed by atoms with E-state index in [1.165, 1.54) is 0 Å². The number of halogens is 1. The Morgan fingerprint density at radius 2 is 1.81 bits per heavy atom. The van der Waals surface area contributed by atoms with Gasteiger partial charge in [0.05, 0.1) is 0 Å². The zero-order chi connectivity index (χ0) is 16.0. The minimum Gasteiger partial charge on any atom is -0.312 e. The Morgan fingerprint density at radius 1 is 1.14 bits per heavy atom. The van der Waals surface area contributed by atoms with Crippen LogP contribution in [-0.4, -0.2) is 24.5 Å². The molecule has 1 N–H and O–H groups in total. The van der Waals surface area contributed by atoms with E-state index in [4.69, 9.17) is 0 Å². The Balaban J connectivity index is 2.69. The molecule has 1 rings (SSSR count). The molecule has 0 saturated heterocycles. The van der Waals surface area contributed by atoms with Gasteiger partial charge in [-0.2, -0.15) is 0 Å². The summed E-state index contributed by atoms with van der Waals surface area (Å²) in [4.78, 5) is 2.22. The lowest BCUT2D eigenvalue weighted by Crippen LogP contribution is -2.33. The van der Waals surface area contributed by atoms with Crippen molar-refractivity contribution in [1.29, 1.82) is 0 Å². The van der Waals surface area contributed by atoms with E-state index in [2.05, 4.69) is 51.9 Å². The molecule has 0 bridgehead atoms. The lowest BCUT2D eigenvalue weighted by Gasteiger charge is -2.28. The van der Waals surface area contributed by atoms with Crippen LogP contribution < -0.4 is 5.32 Å². The second-order valence-corrected chi connectivity index (χ2v) is 6.85. The smallest absolute Gasteiger partial charge is 0.127 e. The van der Waals surface area contributed by atoms with E-state index >= 15 is 0 Å². The summed E-state index contributed by atoms with van der Waals surface area (Å²) in [6, 6.07) is 5.90.